The molecule has 4 rings (SSSR count). The fraction of sp³-hybridized carbons (Fsp3) is 0.238. The molecule has 6 heteroatoms. The van der Waals surface area contributed by atoms with E-state index in [1.165, 1.54) is 5.56 Å². The van der Waals surface area contributed by atoms with Gasteiger partial charge in [0.2, 0.25) is 0 Å². The van der Waals surface area contributed by atoms with Crippen LogP contribution in [0.5, 0.6) is 0 Å². The van der Waals surface area contributed by atoms with Crippen LogP contribution in [0, 0.1) is 0 Å². The predicted molar refractivity (Wildman–Crippen MR) is 105 cm³/mol. The fourth-order valence-electron chi connectivity index (χ4n) is 3.33. The standard InChI is InChI=1S/C21H20N4O2/c26-20(24-22-12-4-8-15-6-2-1-3-7-15)16-10-11-17-18(14-16)23-19-9-5-13-25(19)21(17)27/h1-3,6-7,10-12,14H,4-5,8-9,13H2,(H,24,26)/b22-12-. The van der Waals surface area contributed by atoms with Crippen molar-refractivity contribution >= 4 is 23.0 Å². The maximum Gasteiger partial charge on any atom is 0.271 e. The number of rotatable bonds is 5. The minimum absolute atomic E-state index is 0.0293. The minimum Gasteiger partial charge on any atom is -0.296 e. The molecule has 0 saturated carbocycles. The average Bonchev–Trinajstić information content (AvgIpc) is 3.17. The zero-order valence-corrected chi connectivity index (χ0v) is 14.9. The molecule has 3 aromatic rings. The van der Waals surface area contributed by atoms with Crippen molar-refractivity contribution in [2.24, 2.45) is 5.10 Å². The molecule has 0 radical (unpaired) electrons. The lowest BCUT2D eigenvalue weighted by molar-refractivity contribution is 0.0955. The number of aryl methyl sites for hydroxylation is 2. The third kappa shape index (κ3) is 3.65. The third-order valence-corrected chi connectivity index (χ3v) is 4.74. The summed E-state index contributed by atoms with van der Waals surface area (Å²) < 4.78 is 1.72. The maximum atomic E-state index is 12.5. The number of benzene rings is 2. The van der Waals surface area contributed by atoms with Crippen molar-refractivity contribution in [2.45, 2.75) is 32.2 Å². The smallest absolute Gasteiger partial charge is 0.271 e. The number of hydrazone groups is 1. The quantitative estimate of drug-likeness (QED) is 0.561. The summed E-state index contributed by atoms with van der Waals surface area (Å²) in [5.74, 6) is 0.485. The van der Waals surface area contributed by atoms with Gasteiger partial charge in [-0.2, -0.15) is 5.10 Å². The van der Waals surface area contributed by atoms with Crippen LogP contribution in [-0.2, 0) is 19.4 Å². The Hall–Kier alpha value is -3.28. The Morgan fingerprint density at radius 1 is 1.22 bits per heavy atom. The number of nitrogens with zero attached hydrogens (tertiary/aromatic N) is 3. The lowest BCUT2D eigenvalue weighted by Gasteiger charge is -2.06. The molecule has 0 bridgehead atoms. The van der Waals surface area contributed by atoms with Gasteiger partial charge in [0.05, 0.1) is 10.9 Å². The van der Waals surface area contributed by atoms with Crippen LogP contribution in [0.15, 0.2) is 58.4 Å². The SMILES string of the molecule is O=C(N/N=C\CCc1ccccc1)c1ccc2c(=O)n3c(nc2c1)CCC3. The van der Waals surface area contributed by atoms with E-state index in [2.05, 4.69) is 27.6 Å². The Morgan fingerprint density at radius 3 is 2.93 bits per heavy atom. The Balaban J connectivity index is 1.43. The number of fused-ring (bicyclic) bond motifs is 2. The van der Waals surface area contributed by atoms with Crippen molar-refractivity contribution in [3.63, 3.8) is 0 Å². The first-order valence-corrected chi connectivity index (χ1v) is 9.11. The topological polar surface area (TPSA) is 76.3 Å². The summed E-state index contributed by atoms with van der Waals surface area (Å²) in [5.41, 5.74) is 4.74. The van der Waals surface area contributed by atoms with E-state index in [0.717, 1.165) is 38.1 Å². The number of amides is 1. The van der Waals surface area contributed by atoms with E-state index in [0.29, 0.717) is 16.5 Å². The van der Waals surface area contributed by atoms with Crippen LogP contribution in [0.1, 0.15) is 34.6 Å². The van der Waals surface area contributed by atoms with Gasteiger partial charge in [0.25, 0.3) is 11.5 Å². The number of carbonyl (C=O) groups is 1. The van der Waals surface area contributed by atoms with E-state index >= 15 is 0 Å². The van der Waals surface area contributed by atoms with E-state index in [1.807, 2.05) is 18.2 Å². The first-order valence-electron chi connectivity index (χ1n) is 9.11. The highest BCUT2D eigenvalue weighted by Gasteiger charge is 2.16. The third-order valence-electron chi connectivity index (χ3n) is 4.74. The summed E-state index contributed by atoms with van der Waals surface area (Å²) in [7, 11) is 0. The molecule has 2 aromatic carbocycles. The Labute approximate surface area is 156 Å². The van der Waals surface area contributed by atoms with Crippen molar-refractivity contribution < 1.29 is 4.79 Å². The Morgan fingerprint density at radius 2 is 2.07 bits per heavy atom. The van der Waals surface area contributed by atoms with Crippen molar-refractivity contribution in [1.82, 2.24) is 15.0 Å². The van der Waals surface area contributed by atoms with Gasteiger partial charge < -0.3 is 0 Å². The summed E-state index contributed by atoms with van der Waals surface area (Å²) in [4.78, 5) is 29.3. The Bertz CT molecular complexity index is 1070. The molecule has 27 heavy (non-hydrogen) atoms. The molecule has 136 valence electrons. The van der Waals surface area contributed by atoms with Gasteiger partial charge >= 0.3 is 0 Å². The van der Waals surface area contributed by atoms with Gasteiger partial charge in [-0.05, 0) is 43.0 Å². The summed E-state index contributed by atoms with van der Waals surface area (Å²) in [6.45, 7) is 0.719. The zero-order chi connectivity index (χ0) is 18.6. The Kier molecular flexibility index (Phi) is 4.78. The zero-order valence-electron chi connectivity index (χ0n) is 14.9. The van der Waals surface area contributed by atoms with E-state index < -0.39 is 0 Å². The molecular weight excluding hydrogens is 340 g/mol. The molecule has 2 heterocycles. The molecule has 6 nitrogen and oxygen atoms in total. The van der Waals surface area contributed by atoms with Crippen LogP contribution < -0.4 is 11.0 Å². The number of nitrogens with one attached hydrogen (secondary N) is 1. The lowest BCUT2D eigenvalue weighted by atomic mass is 10.1. The van der Waals surface area contributed by atoms with Gasteiger partial charge in [-0.15, -0.1) is 0 Å². The summed E-state index contributed by atoms with van der Waals surface area (Å²) in [6, 6.07) is 15.1. The molecule has 0 saturated heterocycles. The molecule has 0 fully saturated rings. The molecule has 1 N–H and O–H groups in total. The number of aromatic nitrogens is 2. The normalized spacial score (nSPS) is 13.2. The van der Waals surface area contributed by atoms with Crippen molar-refractivity contribution in [1.29, 1.82) is 0 Å². The highest BCUT2D eigenvalue weighted by Crippen LogP contribution is 2.16. The van der Waals surface area contributed by atoms with Gasteiger partial charge in [-0.3, -0.25) is 14.2 Å². The van der Waals surface area contributed by atoms with Crippen LogP contribution in [0.2, 0.25) is 0 Å². The van der Waals surface area contributed by atoms with E-state index in [-0.39, 0.29) is 11.5 Å². The molecule has 1 aliphatic rings. The van der Waals surface area contributed by atoms with Crippen molar-refractivity contribution in [3.05, 3.63) is 75.8 Å². The van der Waals surface area contributed by atoms with E-state index in [9.17, 15) is 9.59 Å². The van der Waals surface area contributed by atoms with Gasteiger partial charge in [0, 0.05) is 24.7 Å². The maximum absolute atomic E-state index is 12.5. The molecule has 0 atom stereocenters. The highest BCUT2D eigenvalue weighted by atomic mass is 16.2. The highest BCUT2D eigenvalue weighted by molar-refractivity contribution is 5.97. The molecule has 0 unspecified atom stereocenters. The molecule has 1 amide bonds. The molecule has 0 spiro atoms. The minimum atomic E-state index is -0.310. The first kappa shape index (κ1) is 17.1. The molecule has 0 aliphatic carbocycles. The van der Waals surface area contributed by atoms with Crippen molar-refractivity contribution in [3.8, 4) is 0 Å². The monoisotopic (exact) mass is 360 g/mol. The van der Waals surface area contributed by atoms with E-state index in [1.54, 1.807) is 29.0 Å². The van der Waals surface area contributed by atoms with Gasteiger partial charge in [-0.25, -0.2) is 10.4 Å². The van der Waals surface area contributed by atoms with Gasteiger partial charge in [0.15, 0.2) is 0 Å². The van der Waals surface area contributed by atoms with E-state index in [4.69, 9.17) is 0 Å². The van der Waals surface area contributed by atoms with Crippen LogP contribution in [0.4, 0.5) is 0 Å². The number of hydrogen-bond donors (Lipinski definition) is 1. The molecular formula is C21H20N4O2. The molecule has 1 aromatic heterocycles. The lowest BCUT2D eigenvalue weighted by Crippen LogP contribution is -2.22. The fourth-order valence-corrected chi connectivity index (χ4v) is 3.33. The number of carbonyl (C=O) groups excluding carboxylic acids is 1. The average molecular weight is 360 g/mol. The van der Waals surface area contributed by atoms with Crippen LogP contribution >= 0.6 is 0 Å². The summed E-state index contributed by atoms with van der Waals surface area (Å²) in [5, 5.41) is 4.55. The van der Waals surface area contributed by atoms with Crippen molar-refractivity contribution in [2.75, 3.05) is 0 Å². The second-order valence-electron chi connectivity index (χ2n) is 6.60. The second-order valence-corrected chi connectivity index (χ2v) is 6.60. The number of hydrogen-bond acceptors (Lipinski definition) is 4. The van der Waals surface area contributed by atoms with Gasteiger partial charge in [0.1, 0.15) is 5.82 Å². The first-order chi connectivity index (χ1) is 13.2. The van der Waals surface area contributed by atoms with Crippen LogP contribution in [-0.4, -0.2) is 21.7 Å². The van der Waals surface area contributed by atoms with Crippen LogP contribution in [0.3, 0.4) is 0 Å². The largest absolute Gasteiger partial charge is 0.296 e. The summed E-state index contributed by atoms with van der Waals surface area (Å²) in [6.07, 6.45) is 5.04. The van der Waals surface area contributed by atoms with Crippen LogP contribution in [0.25, 0.3) is 10.9 Å². The second kappa shape index (κ2) is 7.53. The predicted octanol–water partition coefficient (Wildman–Crippen LogP) is 2.69. The summed E-state index contributed by atoms with van der Waals surface area (Å²) >= 11 is 0. The van der Waals surface area contributed by atoms with Gasteiger partial charge in [-0.1, -0.05) is 30.3 Å². The molecule has 1 aliphatic heterocycles.